The van der Waals surface area contributed by atoms with E-state index in [1.807, 2.05) is 31.3 Å². The van der Waals surface area contributed by atoms with Crippen LogP contribution in [0.5, 0.6) is 0 Å². The zero-order chi connectivity index (χ0) is 14.8. The maximum absolute atomic E-state index is 12.2. The van der Waals surface area contributed by atoms with E-state index in [0.29, 0.717) is 22.6 Å². The minimum Gasteiger partial charge on any atom is -0.319 e. The van der Waals surface area contributed by atoms with Crippen LogP contribution < -0.4 is 5.32 Å². The number of rotatable bonds is 2. The lowest BCUT2D eigenvalue weighted by Crippen LogP contribution is -2.13. The number of carbonyl (C=O) groups is 1. The molecular formula is C16H12N4O. The number of benzene rings is 1. The Morgan fingerprint density at radius 2 is 2.14 bits per heavy atom. The van der Waals surface area contributed by atoms with E-state index in [4.69, 9.17) is 5.26 Å². The van der Waals surface area contributed by atoms with E-state index in [0.717, 1.165) is 5.56 Å². The lowest BCUT2D eigenvalue weighted by Gasteiger charge is -2.04. The van der Waals surface area contributed by atoms with Gasteiger partial charge in [-0.15, -0.1) is 0 Å². The molecule has 3 aromatic rings. The number of pyridine rings is 1. The number of hydrogen-bond acceptors (Lipinski definition) is 3. The summed E-state index contributed by atoms with van der Waals surface area (Å²) in [6.45, 7) is 1.97. The smallest absolute Gasteiger partial charge is 0.275 e. The van der Waals surface area contributed by atoms with Crippen LogP contribution >= 0.6 is 0 Å². The monoisotopic (exact) mass is 276 g/mol. The van der Waals surface area contributed by atoms with Crippen molar-refractivity contribution in [1.82, 2.24) is 9.38 Å². The van der Waals surface area contributed by atoms with Gasteiger partial charge in [0, 0.05) is 12.4 Å². The van der Waals surface area contributed by atoms with E-state index in [-0.39, 0.29) is 5.91 Å². The molecule has 1 N–H and O–H groups in total. The molecule has 0 unspecified atom stereocenters. The first-order valence-electron chi connectivity index (χ1n) is 6.43. The number of aryl methyl sites for hydroxylation is 1. The summed E-state index contributed by atoms with van der Waals surface area (Å²) in [7, 11) is 0. The predicted octanol–water partition coefficient (Wildman–Crippen LogP) is 2.77. The standard InChI is InChI=1S/C16H12N4O/c1-11-6-7-20-10-14(18-15(20)8-11)16(21)19-13-5-3-2-4-12(13)9-17/h2-8,10H,1H3,(H,19,21). The van der Waals surface area contributed by atoms with Crippen LogP contribution in [0.4, 0.5) is 5.69 Å². The summed E-state index contributed by atoms with van der Waals surface area (Å²) < 4.78 is 1.79. The number of aromatic nitrogens is 2. The van der Waals surface area contributed by atoms with Crippen LogP contribution in [0.1, 0.15) is 21.6 Å². The third kappa shape index (κ3) is 2.47. The molecule has 2 heterocycles. The highest BCUT2D eigenvalue weighted by Crippen LogP contribution is 2.15. The second-order valence-electron chi connectivity index (χ2n) is 4.71. The molecule has 0 atom stereocenters. The molecule has 1 aromatic carbocycles. The zero-order valence-electron chi connectivity index (χ0n) is 11.4. The number of amides is 1. The fourth-order valence-corrected chi connectivity index (χ4v) is 2.07. The van der Waals surface area contributed by atoms with Crippen molar-refractivity contribution in [3.8, 4) is 6.07 Å². The molecule has 21 heavy (non-hydrogen) atoms. The second-order valence-corrected chi connectivity index (χ2v) is 4.71. The molecule has 2 aromatic heterocycles. The Bertz CT molecular complexity index is 873. The second kappa shape index (κ2) is 5.10. The third-order valence-electron chi connectivity index (χ3n) is 3.14. The van der Waals surface area contributed by atoms with Gasteiger partial charge in [0.25, 0.3) is 5.91 Å². The Morgan fingerprint density at radius 3 is 2.95 bits per heavy atom. The van der Waals surface area contributed by atoms with Gasteiger partial charge in [0.1, 0.15) is 17.4 Å². The van der Waals surface area contributed by atoms with Gasteiger partial charge in [0.05, 0.1) is 11.3 Å². The van der Waals surface area contributed by atoms with Gasteiger partial charge in [-0.3, -0.25) is 4.79 Å². The number of para-hydroxylation sites is 1. The van der Waals surface area contributed by atoms with Crippen molar-refractivity contribution in [3.63, 3.8) is 0 Å². The van der Waals surface area contributed by atoms with E-state index in [1.165, 1.54) is 0 Å². The molecule has 3 rings (SSSR count). The summed E-state index contributed by atoms with van der Waals surface area (Å²) in [5.41, 5.74) is 3.01. The number of hydrogen-bond donors (Lipinski definition) is 1. The van der Waals surface area contributed by atoms with Crippen LogP contribution in [-0.4, -0.2) is 15.3 Å². The van der Waals surface area contributed by atoms with Crippen molar-refractivity contribution >= 4 is 17.2 Å². The average Bonchev–Trinajstić information content (AvgIpc) is 2.91. The van der Waals surface area contributed by atoms with Crippen LogP contribution in [0.25, 0.3) is 5.65 Å². The third-order valence-corrected chi connectivity index (χ3v) is 3.14. The van der Waals surface area contributed by atoms with Gasteiger partial charge in [-0.2, -0.15) is 5.26 Å². The van der Waals surface area contributed by atoms with E-state index in [1.54, 1.807) is 34.9 Å². The minimum atomic E-state index is -0.334. The summed E-state index contributed by atoms with van der Waals surface area (Å²) in [5.74, 6) is -0.334. The van der Waals surface area contributed by atoms with E-state index in [9.17, 15) is 4.79 Å². The molecule has 1 amide bonds. The van der Waals surface area contributed by atoms with Crippen molar-refractivity contribution in [2.24, 2.45) is 0 Å². The molecular weight excluding hydrogens is 264 g/mol. The highest BCUT2D eigenvalue weighted by atomic mass is 16.1. The van der Waals surface area contributed by atoms with Gasteiger partial charge in [-0.25, -0.2) is 4.98 Å². The van der Waals surface area contributed by atoms with Crippen molar-refractivity contribution in [2.45, 2.75) is 6.92 Å². The molecule has 5 heteroatoms. The van der Waals surface area contributed by atoms with Gasteiger partial charge in [0.15, 0.2) is 0 Å². The molecule has 0 radical (unpaired) electrons. The van der Waals surface area contributed by atoms with Crippen LogP contribution in [0.2, 0.25) is 0 Å². The Hall–Kier alpha value is -3.13. The Morgan fingerprint density at radius 1 is 1.33 bits per heavy atom. The highest BCUT2D eigenvalue weighted by Gasteiger charge is 2.12. The van der Waals surface area contributed by atoms with Crippen LogP contribution in [0, 0.1) is 18.3 Å². The Labute approximate surface area is 121 Å². The first-order chi connectivity index (χ1) is 10.2. The number of imidazole rings is 1. The van der Waals surface area contributed by atoms with E-state index < -0.39 is 0 Å². The number of carbonyl (C=O) groups excluding carboxylic acids is 1. The SMILES string of the molecule is Cc1ccn2cc(C(=O)Nc3ccccc3C#N)nc2c1. The fourth-order valence-electron chi connectivity index (χ4n) is 2.07. The normalized spacial score (nSPS) is 10.3. The average molecular weight is 276 g/mol. The Balaban J connectivity index is 1.92. The van der Waals surface area contributed by atoms with Crippen molar-refractivity contribution < 1.29 is 4.79 Å². The van der Waals surface area contributed by atoms with Crippen LogP contribution in [0.15, 0.2) is 48.8 Å². The predicted molar refractivity (Wildman–Crippen MR) is 79.0 cm³/mol. The number of anilines is 1. The van der Waals surface area contributed by atoms with Gasteiger partial charge < -0.3 is 9.72 Å². The molecule has 0 aliphatic rings. The van der Waals surface area contributed by atoms with Crippen LogP contribution in [0.3, 0.4) is 0 Å². The quantitative estimate of drug-likeness (QED) is 0.782. The van der Waals surface area contributed by atoms with E-state index in [2.05, 4.69) is 10.3 Å². The van der Waals surface area contributed by atoms with Crippen LogP contribution in [-0.2, 0) is 0 Å². The minimum absolute atomic E-state index is 0.313. The molecule has 5 nitrogen and oxygen atoms in total. The summed E-state index contributed by atoms with van der Waals surface area (Å²) in [4.78, 5) is 16.5. The van der Waals surface area contributed by atoms with Gasteiger partial charge >= 0.3 is 0 Å². The number of nitriles is 1. The van der Waals surface area contributed by atoms with Gasteiger partial charge in [0.2, 0.25) is 0 Å². The lowest BCUT2D eigenvalue weighted by atomic mass is 10.2. The molecule has 0 aliphatic heterocycles. The van der Waals surface area contributed by atoms with Crippen molar-refractivity contribution in [3.05, 3.63) is 65.6 Å². The number of fused-ring (bicyclic) bond motifs is 1. The first kappa shape index (κ1) is 12.9. The molecule has 102 valence electrons. The topological polar surface area (TPSA) is 70.2 Å². The maximum atomic E-state index is 12.2. The fraction of sp³-hybridized carbons (Fsp3) is 0.0625. The van der Waals surface area contributed by atoms with Gasteiger partial charge in [-0.1, -0.05) is 12.1 Å². The van der Waals surface area contributed by atoms with Gasteiger partial charge in [-0.05, 0) is 36.8 Å². The molecule has 0 bridgehead atoms. The lowest BCUT2D eigenvalue weighted by molar-refractivity contribution is 0.102. The molecule has 0 aliphatic carbocycles. The molecule has 0 saturated carbocycles. The van der Waals surface area contributed by atoms with Crippen molar-refractivity contribution in [2.75, 3.05) is 5.32 Å². The largest absolute Gasteiger partial charge is 0.319 e. The zero-order valence-corrected chi connectivity index (χ0v) is 11.4. The number of nitrogens with zero attached hydrogens (tertiary/aromatic N) is 3. The first-order valence-corrected chi connectivity index (χ1v) is 6.43. The summed E-state index contributed by atoms with van der Waals surface area (Å²) in [6, 6.07) is 12.8. The van der Waals surface area contributed by atoms with E-state index >= 15 is 0 Å². The summed E-state index contributed by atoms with van der Waals surface area (Å²) >= 11 is 0. The highest BCUT2D eigenvalue weighted by molar-refractivity contribution is 6.03. The number of nitrogens with one attached hydrogen (secondary N) is 1. The Kier molecular flexibility index (Phi) is 3.13. The molecule has 0 saturated heterocycles. The summed E-state index contributed by atoms with van der Waals surface area (Å²) in [5, 5.41) is 11.7. The maximum Gasteiger partial charge on any atom is 0.275 e. The summed E-state index contributed by atoms with van der Waals surface area (Å²) in [6.07, 6.45) is 3.52. The molecule has 0 spiro atoms. The van der Waals surface area contributed by atoms with Crippen molar-refractivity contribution in [1.29, 1.82) is 5.26 Å². The molecule has 0 fully saturated rings.